The number of rotatable bonds is 11. The van der Waals surface area contributed by atoms with Crippen molar-refractivity contribution in [3.05, 3.63) is 119 Å². The lowest BCUT2D eigenvalue weighted by Crippen LogP contribution is -2.42. The number of carbonyl (C=O) groups excluding carboxylic acids is 4. The third-order valence-corrected chi connectivity index (χ3v) is 10.5. The van der Waals surface area contributed by atoms with Crippen LogP contribution in [0.1, 0.15) is 38.8 Å². The highest BCUT2D eigenvalue weighted by atomic mass is 79.9. The van der Waals surface area contributed by atoms with Crippen LogP contribution in [0.25, 0.3) is 5.82 Å². The van der Waals surface area contributed by atoms with E-state index in [1.165, 1.54) is 0 Å². The lowest BCUT2D eigenvalue weighted by molar-refractivity contribution is -0.117. The molecule has 2 aliphatic rings. The van der Waals surface area contributed by atoms with Gasteiger partial charge in [0.05, 0.1) is 35.9 Å². The molecule has 2 atom stereocenters. The highest BCUT2D eigenvalue weighted by Crippen LogP contribution is 2.29. The number of amides is 6. The summed E-state index contributed by atoms with van der Waals surface area (Å²) < 4.78 is 2.38. The summed E-state index contributed by atoms with van der Waals surface area (Å²) in [5.41, 5.74) is 5.03. The van der Waals surface area contributed by atoms with Crippen molar-refractivity contribution < 1.29 is 19.2 Å². The average Bonchev–Trinajstić information content (AvgIpc) is 3.91. The van der Waals surface area contributed by atoms with E-state index in [9.17, 15) is 19.2 Å². The second kappa shape index (κ2) is 18.4. The minimum atomic E-state index is -0.210. The first-order chi connectivity index (χ1) is 27.8. The average molecular weight is 850 g/mol. The molecule has 0 saturated carbocycles. The van der Waals surface area contributed by atoms with Crippen LogP contribution in [0, 0.1) is 25.7 Å². The number of nitrogens with zero attached hydrogens (tertiary/aromatic N) is 8. The number of aryl methyl sites for hydroxylation is 2. The van der Waals surface area contributed by atoms with Crippen LogP contribution in [0.4, 0.5) is 32.3 Å². The van der Waals surface area contributed by atoms with E-state index in [1.54, 1.807) is 48.9 Å². The summed E-state index contributed by atoms with van der Waals surface area (Å²) in [5, 5.41) is 9.95. The Morgan fingerprint density at radius 2 is 1.21 bits per heavy atom. The standard InChI is InChI=1S/C23H26N6O2.C20H23BrN4O2/c1-16(2)20-14-27(19-8-9-21(24-13-19)29-11-5-10-25-29)23(31)28(20)15-22(30)26-18-7-4-6-17(3)12-18;1-13(2)17-11-24(16-7-8-18(21)22-10-16)20(27)25(17)12-19(26)23-15-6-4-5-14(3)9-15/h4-13,16,20H,14-15H2,1-3H3,(H,26,30);4-10,13,17H,11-12H2,1-3H3,(H,23,26)/t20-;17-/m11/s1. The SMILES string of the molecule is Cc1cccc(NC(=O)CN2C(=O)N(c3ccc(-n4cccn4)nc3)C[C@@H]2C(C)C)c1.Cc1cccc(NC(=O)CN2C(=O)N(c3ccc(Br)nc3)C[C@@H]2C(C)C)c1. The molecule has 7 rings (SSSR count). The number of urea groups is 2. The first kappa shape index (κ1) is 41.5. The number of nitrogens with one attached hydrogen (secondary N) is 2. The van der Waals surface area contributed by atoms with E-state index in [0.717, 1.165) is 28.2 Å². The van der Waals surface area contributed by atoms with Crippen LogP contribution in [0.3, 0.4) is 0 Å². The van der Waals surface area contributed by atoms with Gasteiger partial charge in [0.15, 0.2) is 5.82 Å². The van der Waals surface area contributed by atoms with E-state index < -0.39 is 0 Å². The van der Waals surface area contributed by atoms with Gasteiger partial charge in [-0.15, -0.1) is 0 Å². The molecule has 0 aliphatic carbocycles. The van der Waals surface area contributed by atoms with Gasteiger partial charge in [-0.2, -0.15) is 5.10 Å². The first-order valence-corrected chi connectivity index (χ1v) is 20.0. The molecule has 2 fully saturated rings. The number of aromatic nitrogens is 4. The van der Waals surface area contributed by atoms with Gasteiger partial charge in [-0.3, -0.25) is 19.4 Å². The number of pyridine rings is 2. The summed E-state index contributed by atoms with van der Waals surface area (Å²) >= 11 is 3.31. The highest BCUT2D eigenvalue weighted by Gasteiger charge is 2.41. The molecule has 0 bridgehead atoms. The van der Waals surface area contributed by atoms with Gasteiger partial charge in [0.1, 0.15) is 17.7 Å². The Balaban J connectivity index is 0.000000198. The summed E-state index contributed by atoms with van der Waals surface area (Å²) in [7, 11) is 0. The lowest BCUT2D eigenvalue weighted by atomic mass is 10.0. The van der Waals surface area contributed by atoms with Crippen LogP contribution in [-0.4, -0.2) is 91.7 Å². The molecule has 302 valence electrons. The van der Waals surface area contributed by atoms with Gasteiger partial charge in [-0.1, -0.05) is 52.0 Å². The molecular weight excluding hydrogens is 800 g/mol. The molecule has 2 N–H and O–H groups in total. The second-order valence-electron chi connectivity index (χ2n) is 15.2. The Labute approximate surface area is 347 Å². The van der Waals surface area contributed by atoms with Crippen LogP contribution in [0.2, 0.25) is 0 Å². The quantitative estimate of drug-likeness (QED) is 0.131. The van der Waals surface area contributed by atoms with Crippen LogP contribution in [-0.2, 0) is 9.59 Å². The largest absolute Gasteiger partial charge is 0.325 e. The summed E-state index contributed by atoms with van der Waals surface area (Å²) in [6.07, 6.45) is 6.83. The fraction of sp³-hybridized carbons (Fsp3) is 0.326. The smallest absolute Gasteiger partial charge is 0.325 e. The van der Waals surface area contributed by atoms with E-state index in [-0.39, 0.29) is 60.9 Å². The molecule has 2 aromatic carbocycles. The predicted molar refractivity (Wildman–Crippen MR) is 229 cm³/mol. The Hall–Kier alpha value is -6.09. The number of benzene rings is 2. The van der Waals surface area contributed by atoms with E-state index in [2.05, 4.69) is 69.3 Å². The van der Waals surface area contributed by atoms with Gasteiger partial charge >= 0.3 is 12.1 Å². The molecule has 14 nitrogen and oxygen atoms in total. The molecule has 2 saturated heterocycles. The highest BCUT2D eigenvalue weighted by molar-refractivity contribution is 9.10. The summed E-state index contributed by atoms with van der Waals surface area (Å²) in [4.78, 5) is 66.7. The Morgan fingerprint density at radius 1 is 0.707 bits per heavy atom. The van der Waals surface area contributed by atoms with Crippen LogP contribution in [0.5, 0.6) is 0 Å². The fourth-order valence-corrected chi connectivity index (χ4v) is 7.26. The molecule has 0 spiro atoms. The van der Waals surface area contributed by atoms with Crippen molar-refractivity contribution in [1.82, 2.24) is 29.5 Å². The van der Waals surface area contributed by atoms with Gasteiger partial charge in [0, 0.05) is 36.9 Å². The minimum Gasteiger partial charge on any atom is -0.325 e. The number of anilines is 4. The molecule has 0 unspecified atom stereocenters. The molecule has 15 heteroatoms. The Morgan fingerprint density at radius 3 is 1.60 bits per heavy atom. The topological polar surface area (TPSA) is 149 Å². The number of halogens is 1. The third kappa shape index (κ3) is 10.1. The van der Waals surface area contributed by atoms with Gasteiger partial charge in [0.2, 0.25) is 11.8 Å². The lowest BCUT2D eigenvalue weighted by Gasteiger charge is -2.25. The molecule has 5 heterocycles. The molecule has 2 aliphatic heterocycles. The van der Waals surface area contributed by atoms with Gasteiger partial charge in [0.25, 0.3) is 0 Å². The molecule has 6 amide bonds. The monoisotopic (exact) mass is 848 g/mol. The van der Waals surface area contributed by atoms with Crippen molar-refractivity contribution in [1.29, 1.82) is 0 Å². The van der Waals surface area contributed by atoms with E-state index in [0.29, 0.717) is 29.2 Å². The molecule has 3 aromatic heterocycles. The van der Waals surface area contributed by atoms with E-state index in [1.807, 2.05) is 92.8 Å². The van der Waals surface area contributed by atoms with Gasteiger partial charge in [-0.05, 0) is 107 Å². The summed E-state index contributed by atoms with van der Waals surface area (Å²) in [6.45, 7) is 13.3. The zero-order valence-electron chi connectivity index (χ0n) is 33.5. The maximum absolute atomic E-state index is 13.2. The normalized spacial score (nSPS) is 16.6. The van der Waals surface area contributed by atoms with Crippen molar-refractivity contribution in [2.75, 3.05) is 46.6 Å². The maximum atomic E-state index is 13.2. The zero-order chi connectivity index (χ0) is 41.5. The molecule has 5 aromatic rings. The second-order valence-corrected chi connectivity index (χ2v) is 16.0. The first-order valence-electron chi connectivity index (χ1n) is 19.2. The number of hydrogen-bond donors (Lipinski definition) is 2. The summed E-state index contributed by atoms with van der Waals surface area (Å²) in [5.74, 6) is 0.704. The van der Waals surface area contributed by atoms with Gasteiger partial charge < -0.3 is 20.4 Å². The van der Waals surface area contributed by atoms with Crippen molar-refractivity contribution in [2.24, 2.45) is 11.8 Å². The van der Waals surface area contributed by atoms with Crippen LogP contribution >= 0.6 is 15.9 Å². The van der Waals surface area contributed by atoms with Gasteiger partial charge in [-0.25, -0.2) is 24.2 Å². The van der Waals surface area contributed by atoms with E-state index in [4.69, 9.17) is 0 Å². The van der Waals surface area contributed by atoms with Crippen molar-refractivity contribution >= 4 is 62.6 Å². The molecule has 58 heavy (non-hydrogen) atoms. The van der Waals surface area contributed by atoms with Crippen LogP contribution in [0.15, 0.2) is 108 Å². The zero-order valence-corrected chi connectivity index (χ0v) is 35.1. The fourth-order valence-electron chi connectivity index (χ4n) is 7.03. The van der Waals surface area contributed by atoms with Crippen molar-refractivity contribution in [3.8, 4) is 5.82 Å². The van der Waals surface area contributed by atoms with Crippen molar-refractivity contribution in [3.63, 3.8) is 0 Å². The molecule has 0 radical (unpaired) electrons. The van der Waals surface area contributed by atoms with E-state index >= 15 is 0 Å². The van der Waals surface area contributed by atoms with Crippen LogP contribution < -0.4 is 20.4 Å². The molecular formula is C43H49BrN10O4. The Kier molecular flexibility index (Phi) is 13.2. The number of hydrogen-bond acceptors (Lipinski definition) is 7. The van der Waals surface area contributed by atoms with Crippen molar-refractivity contribution in [2.45, 2.75) is 53.6 Å². The third-order valence-electron chi connectivity index (χ3n) is 10.1. The maximum Gasteiger partial charge on any atom is 0.325 e. The minimum absolute atomic E-state index is 0.00488. The predicted octanol–water partition coefficient (Wildman–Crippen LogP) is 7.54. The summed E-state index contributed by atoms with van der Waals surface area (Å²) in [6, 6.07) is 23.9. The Bertz CT molecular complexity index is 2210. The number of carbonyl (C=O) groups is 4.